The average molecular weight is 300 g/mol. The summed E-state index contributed by atoms with van der Waals surface area (Å²) in [6.45, 7) is 0. The van der Waals surface area contributed by atoms with Crippen LogP contribution in [0.3, 0.4) is 0 Å². The van der Waals surface area contributed by atoms with Gasteiger partial charge in [-0.2, -0.15) is 0 Å². The quantitative estimate of drug-likeness (QED) is 0.809. The van der Waals surface area contributed by atoms with Crippen molar-refractivity contribution in [1.29, 1.82) is 0 Å². The van der Waals surface area contributed by atoms with Crippen molar-refractivity contribution in [2.24, 2.45) is 0 Å². The first-order valence-electron chi connectivity index (χ1n) is 4.59. The van der Waals surface area contributed by atoms with Crippen LogP contribution in [0.1, 0.15) is 5.56 Å². The van der Waals surface area contributed by atoms with E-state index in [0.29, 0.717) is 17.6 Å². The van der Waals surface area contributed by atoms with Crippen LogP contribution in [-0.4, -0.2) is 9.97 Å². The third-order valence-corrected chi connectivity index (χ3v) is 2.84. The molecule has 16 heavy (non-hydrogen) atoms. The molecular formula is C11H8BrClN2O. The van der Waals surface area contributed by atoms with E-state index < -0.39 is 0 Å². The van der Waals surface area contributed by atoms with E-state index >= 15 is 0 Å². The summed E-state index contributed by atoms with van der Waals surface area (Å²) in [4.78, 5) is 8.09. The molecule has 0 saturated heterocycles. The summed E-state index contributed by atoms with van der Waals surface area (Å²) in [6, 6.07) is 7.83. The smallest absolute Gasteiger partial charge is 0.321 e. The van der Waals surface area contributed by atoms with Gasteiger partial charge in [0.05, 0.1) is 10.4 Å². The molecule has 0 aliphatic carbocycles. The van der Waals surface area contributed by atoms with Gasteiger partial charge in [0.15, 0.2) is 0 Å². The second kappa shape index (κ2) is 5.27. The van der Waals surface area contributed by atoms with E-state index in [1.807, 2.05) is 24.3 Å². The maximum absolute atomic E-state index is 5.64. The Balaban J connectivity index is 2.18. The summed E-state index contributed by atoms with van der Waals surface area (Å²) in [5, 5.41) is 0. The third kappa shape index (κ3) is 2.71. The van der Waals surface area contributed by atoms with Crippen LogP contribution < -0.4 is 4.74 Å². The normalized spacial score (nSPS) is 10.1. The predicted octanol–water partition coefficient (Wildman–Crippen LogP) is 3.77. The van der Waals surface area contributed by atoms with Crippen LogP contribution in [0.2, 0.25) is 0 Å². The first-order chi connectivity index (χ1) is 7.79. The van der Waals surface area contributed by atoms with E-state index in [1.165, 1.54) is 0 Å². The summed E-state index contributed by atoms with van der Waals surface area (Å²) in [5.41, 5.74) is 0.862. The van der Waals surface area contributed by atoms with E-state index in [9.17, 15) is 0 Å². The minimum absolute atomic E-state index is 0.306. The van der Waals surface area contributed by atoms with Gasteiger partial charge in [0.2, 0.25) is 0 Å². The number of nitrogens with zero attached hydrogens (tertiary/aromatic N) is 2. The van der Waals surface area contributed by atoms with Crippen LogP contribution in [0.15, 0.2) is 41.1 Å². The highest BCUT2D eigenvalue weighted by Crippen LogP contribution is 2.27. The first kappa shape index (κ1) is 11.4. The van der Waals surface area contributed by atoms with Crippen molar-refractivity contribution >= 4 is 27.5 Å². The summed E-state index contributed by atoms with van der Waals surface area (Å²) < 4.78 is 6.36. The lowest BCUT2D eigenvalue weighted by atomic mass is 10.3. The Bertz CT molecular complexity index is 476. The lowest BCUT2D eigenvalue weighted by Crippen LogP contribution is -1.93. The molecule has 0 saturated carbocycles. The van der Waals surface area contributed by atoms with Crippen molar-refractivity contribution in [1.82, 2.24) is 9.97 Å². The van der Waals surface area contributed by atoms with E-state index in [-0.39, 0.29) is 0 Å². The fourth-order valence-electron chi connectivity index (χ4n) is 1.09. The number of halogens is 2. The van der Waals surface area contributed by atoms with Crippen molar-refractivity contribution < 1.29 is 4.74 Å². The summed E-state index contributed by atoms with van der Waals surface area (Å²) in [7, 11) is 0. The van der Waals surface area contributed by atoms with Gasteiger partial charge < -0.3 is 4.74 Å². The van der Waals surface area contributed by atoms with Gasteiger partial charge in [0, 0.05) is 18.0 Å². The van der Waals surface area contributed by atoms with Gasteiger partial charge in [-0.1, -0.05) is 12.1 Å². The second-order valence-corrected chi connectivity index (χ2v) is 4.16. The Morgan fingerprint density at radius 3 is 2.50 bits per heavy atom. The van der Waals surface area contributed by atoms with Gasteiger partial charge in [0.25, 0.3) is 0 Å². The summed E-state index contributed by atoms with van der Waals surface area (Å²) in [6.07, 6.45) is 3.29. The first-order valence-corrected chi connectivity index (χ1v) is 5.91. The SMILES string of the molecule is ClCc1cnc(Oc2ccccc2Br)nc1. The fraction of sp³-hybridized carbons (Fsp3) is 0.0909. The second-order valence-electron chi connectivity index (χ2n) is 3.04. The zero-order valence-corrected chi connectivity index (χ0v) is 10.6. The molecule has 2 rings (SSSR count). The molecule has 0 aliphatic heterocycles. The van der Waals surface area contributed by atoms with Crippen LogP contribution >= 0.6 is 27.5 Å². The highest BCUT2D eigenvalue weighted by Gasteiger charge is 2.03. The van der Waals surface area contributed by atoms with Crippen LogP contribution in [-0.2, 0) is 5.88 Å². The van der Waals surface area contributed by atoms with Crippen molar-refractivity contribution in [3.8, 4) is 11.8 Å². The molecule has 0 aliphatic rings. The molecule has 0 amide bonds. The largest absolute Gasteiger partial charge is 0.423 e. The minimum Gasteiger partial charge on any atom is -0.423 e. The molecule has 0 unspecified atom stereocenters. The fourth-order valence-corrected chi connectivity index (χ4v) is 1.59. The molecule has 0 bridgehead atoms. The predicted molar refractivity (Wildman–Crippen MR) is 65.8 cm³/mol. The molecule has 1 aromatic heterocycles. The molecule has 5 heteroatoms. The monoisotopic (exact) mass is 298 g/mol. The van der Waals surface area contributed by atoms with Crippen molar-refractivity contribution in [3.05, 3.63) is 46.7 Å². The molecule has 0 N–H and O–H groups in total. The summed E-state index contributed by atoms with van der Waals surface area (Å²) >= 11 is 9.02. The minimum atomic E-state index is 0.306. The van der Waals surface area contributed by atoms with Gasteiger partial charge in [-0.05, 0) is 28.1 Å². The molecular weight excluding hydrogens is 291 g/mol. The number of hydrogen-bond acceptors (Lipinski definition) is 3. The number of benzene rings is 1. The highest BCUT2D eigenvalue weighted by molar-refractivity contribution is 9.10. The van der Waals surface area contributed by atoms with E-state index in [4.69, 9.17) is 16.3 Å². The van der Waals surface area contributed by atoms with Gasteiger partial charge in [-0.15, -0.1) is 11.6 Å². The van der Waals surface area contributed by atoms with E-state index in [1.54, 1.807) is 12.4 Å². The van der Waals surface area contributed by atoms with Crippen molar-refractivity contribution in [2.75, 3.05) is 0 Å². The summed E-state index contributed by atoms with van der Waals surface area (Å²) in [5.74, 6) is 1.08. The molecule has 0 radical (unpaired) electrons. The lowest BCUT2D eigenvalue weighted by Gasteiger charge is -2.05. The number of ether oxygens (including phenoxy) is 1. The number of rotatable bonds is 3. The maximum Gasteiger partial charge on any atom is 0.321 e. The molecule has 1 heterocycles. The van der Waals surface area contributed by atoms with Crippen molar-refractivity contribution in [2.45, 2.75) is 5.88 Å². The topological polar surface area (TPSA) is 35.0 Å². The maximum atomic E-state index is 5.64. The number of para-hydroxylation sites is 1. The molecule has 82 valence electrons. The van der Waals surface area contributed by atoms with Gasteiger partial charge in [0.1, 0.15) is 5.75 Å². The van der Waals surface area contributed by atoms with Crippen LogP contribution in [0, 0.1) is 0 Å². The Hall–Kier alpha value is -1.13. The Labute approximate surface area is 107 Å². The number of aromatic nitrogens is 2. The Morgan fingerprint density at radius 1 is 1.19 bits per heavy atom. The van der Waals surface area contributed by atoms with Gasteiger partial charge in [-0.25, -0.2) is 9.97 Å². The molecule has 0 atom stereocenters. The Kier molecular flexibility index (Phi) is 3.74. The van der Waals surface area contributed by atoms with Crippen LogP contribution in [0.25, 0.3) is 0 Å². The third-order valence-electron chi connectivity index (χ3n) is 1.87. The molecule has 2 aromatic rings. The van der Waals surface area contributed by atoms with Crippen LogP contribution in [0.4, 0.5) is 0 Å². The zero-order valence-electron chi connectivity index (χ0n) is 8.23. The number of hydrogen-bond donors (Lipinski definition) is 0. The highest BCUT2D eigenvalue weighted by atomic mass is 79.9. The molecule has 3 nitrogen and oxygen atoms in total. The van der Waals surface area contributed by atoms with Crippen molar-refractivity contribution in [3.63, 3.8) is 0 Å². The van der Waals surface area contributed by atoms with Crippen LogP contribution in [0.5, 0.6) is 11.8 Å². The number of alkyl halides is 1. The average Bonchev–Trinajstić information content (AvgIpc) is 2.33. The van der Waals surface area contributed by atoms with Gasteiger partial charge in [-0.3, -0.25) is 0 Å². The zero-order chi connectivity index (χ0) is 11.4. The molecule has 1 aromatic carbocycles. The van der Waals surface area contributed by atoms with E-state index in [2.05, 4.69) is 25.9 Å². The molecule has 0 spiro atoms. The van der Waals surface area contributed by atoms with Gasteiger partial charge >= 0.3 is 6.01 Å². The molecule has 0 fully saturated rings. The lowest BCUT2D eigenvalue weighted by molar-refractivity contribution is 0.438. The standard InChI is InChI=1S/C11H8BrClN2O/c12-9-3-1-2-4-10(9)16-11-14-6-8(5-13)7-15-11/h1-4,6-7H,5H2. The van der Waals surface area contributed by atoms with E-state index in [0.717, 1.165) is 10.0 Å². The Morgan fingerprint density at radius 2 is 1.88 bits per heavy atom.